The van der Waals surface area contributed by atoms with Crippen LogP contribution in [0.1, 0.15) is 28.9 Å². The highest BCUT2D eigenvalue weighted by molar-refractivity contribution is 9.10. The molecule has 1 unspecified atom stereocenters. The third-order valence-corrected chi connectivity index (χ3v) is 4.09. The Balaban J connectivity index is 2.16. The number of ether oxygens (including phenoxy) is 1. The molecule has 0 aliphatic rings. The van der Waals surface area contributed by atoms with Gasteiger partial charge in [-0.3, -0.25) is 4.79 Å². The maximum absolute atomic E-state index is 14.0. The monoisotopic (exact) mass is 412 g/mol. The first kappa shape index (κ1) is 19.3. The van der Waals surface area contributed by atoms with Crippen LogP contribution in [0.25, 0.3) is 0 Å². The molecule has 2 aromatic carbocycles. The molecule has 7 heteroatoms. The fourth-order valence-electron chi connectivity index (χ4n) is 2.47. The van der Waals surface area contributed by atoms with E-state index in [1.807, 2.05) is 6.92 Å². The van der Waals surface area contributed by atoms with Gasteiger partial charge < -0.3 is 15.4 Å². The molecule has 0 saturated heterocycles. The Kier molecular flexibility index (Phi) is 6.90. The Morgan fingerprint density at radius 1 is 1.24 bits per heavy atom. The van der Waals surface area contributed by atoms with Crippen molar-refractivity contribution in [1.29, 1.82) is 0 Å². The minimum Gasteiger partial charge on any atom is -0.497 e. The van der Waals surface area contributed by atoms with Gasteiger partial charge in [0.25, 0.3) is 5.91 Å². The van der Waals surface area contributed by atoms with E-state index < -0.39 is 17.7 Å². The van der Waals surface area contributed by atoms with E-state index in [4.69, 9.17) is 4.74 Å². The lowest BCUT2D eigenvalue weighted by Crippen LogP contribution is -2.36. The minimum absolute atomic E-state index is 0.0410. The number of amides is 1. The van der Waals surface area contributed by atoms with Gasteiger partial charge in [0.2, 0.25) is 0 Å². The zero-order chi connectivity index (χ0) is 18.4. The molecule has 2 aromatic rings. The molecule has 0 aliphatic carbocycles. The summed E-state index contributed by atoms with van der Waals surface area (Å²) in [7, 11) is 1.51. The van der Waals surface area contributed by atoms with Crippen molar-refractivity contribution in [2.45, 2.75) is 13.0 Å². The van der Waals surface area contributed by atoms with Crippen molar-refractivity contribution >= 4 is 21.8 Å². The van der Waals surface area contributed by atoms with Crippen molar-refractivity contribution in [3.63, 3.8) is 0 Å². The molecular weight excluding hydrogens is 394 g/mol. The van der Waals surface area contributed by atoms with Crippen molar-refractivity contribution < 1.29 is 18.3 Å². The van der Waals surface area contributed by atoms with Gasteiger partial charge in [0.15, 0.2) is 0 Å². The zero-order valence-corrected chi connectivity index (χ0v) is 15.5. The summed E-state index contributed by atoms with van der Waals surface area (Å²) in [4.78, 5) is 12.4. The number of carbonyl (C=O) groups is 1. The van der Waals surface area contributed by atoms with Gasteiger partial charge in [-0.2, -0.15) is 0 Å². The molecular formula is C18H19BrF2N2O2. The van der Waals surface area contributed by atoms with E-state index in [1.54, 1.807) is 18.2 Å². The second-order valence-electron chi connectivity index (χ2n) is 5.34. The second kappa shape index (κ2) is 8.92. The van der Waals surface area contributed by atoms with E-state index in [9.17, 15) is 13.6 Å². The Morgan fingerprint density at radius 3 is 2.52 bits per heavy atom. The van der Waals surface area contributed by atoms with Crippen LogP contribution in [0.3, 0.4) is 0 Å². The Morgan fingerprint density at radius 2 is 1.92 bits per heavy atom. The van der Waals surface area contributed by atoms with Crippen LogP contribution in [0.4, 0.5) is 8.78 Å². The van der Waals surface area contributed by atoms with Crippen LogP contribution in [0, 0.1) is 11.6 Å². The summed E-state index contributed by atoms with van der Waals surface area (Å²) in [6, 6.07) is 7.99. The number of rotatable bonds is 7. The summed E-state index contributed by atoms with van der Waals surface area (Å²) in [5, 5.41) is 5.70. The maximum atomic E-state index is 14.0. The van der Waals surface area contributed by atoms with E-state index >= 15 is 0 Å². The topological polar surface area (TPSA) is 50.4 Å². The smallest absolute Gasteiger partial charge is 0.251 e. The Hall–Kier alpha value is -1.99. The van der Waals surface area contributed by atoms with Gasteiger partial charge >= 0.3 is 0 Å². The number of likely N-dealkylation sites (N-methyl/N-ethyl adjacent to an activating group) is 1. The van der Waals surface area contributed by atoms with E-state index in [-0.39, 0.29) is 18.0 Å². The van der Waals surface area contributed by atoms with Gasteiger partial charge in [0, 0.05) is 22.1 Å². The van der Waals surface area contributed by atoms with Crippen LogP contribution in [0.15, 0.2) is 40.9 Å². The molecule has 0 heterocycles. The van der Waals surface area contributed by atoms with Gasteiger partial charge in [0.05, 0.1) is 13.2 Å². The molecule has 2 N–H and O–H groups in total. The lowest BCUT2D eigenvalue weighted by Gasteiger charge is -2.20. The van der Waals surface area contributed by atoms with Crippen LogP contribution in [0.5, 0.6) is 5.75 Å². The lowest BCUT2D eigenvalue weighted by atomic mass is 10.0. The number of benzene rings is 2. The van der Waals surface area contributed by atoms with Gasteiger partial charge in [-0.1, -0.05) is 28.9 Å². The third-order valence-electron chi connectivity index (χ3n) is 3.63. The van der Waals surface area contributed by atoms with Gasteiger partial charge in [-0.25, -0.2) is 8.78 Å². The first-order valence-corrected chi connectivity index (χ1v) is 8.55. The molecule has 0 aliphatic heterocycles. The summed E-state index contributed by atoms with van der Waals surface area (Å²) in [6.07, 6.45) is 0. The number of hydrogen-bond acceptors (Lipinski definition) is 3. The van der Waals surface area contributed by atoms with Gasteiger partial charge in [0.1, 0.15) is 17.4 Å². The summed E-state index contributed by atoms with van der Waals surface area (Å²) < 4.78 is 33.8. The van der Waals surface area contributed by atoms with E-state index in [2.05, 4.69) is 26.6 Å². The second-order valence-corrected chi connectivity index (χ2v) is 6.25. The Bertz CT molecular complexity index is 736. The van der Waals surface area contributed by atoms with Crippen molar-refractivity contribution in [3.05, 3.63) is 63.6 Å². The number of methoxy groups -OCH3 is 1. The molecule has 0 bridgehead atoms. The molecule has 2 rings (SSSR count). The number of halogens is 3. The van der Waals surface area contributed by atoms with Gasteiger partial charge in [-0.05, 0) is 36.9 Å². The Labute approximate surface area is 153 Å². The normalized spacial score (nSPS) is 11.9. The molecule has 0 spiro atoms. The quantitative estimate of drug-likeness (QED) is 0.726. The molecule has 25 heavy (non-hydrogen) atoms. The summed E-state index contributed by atoms with van der Waals surface area (Å²) in [5.41, 5.74) is 0.298. The fraction of sp³-hybridized carbons (Fsp3) is 0.278. The van der Waals surface area contributed by atoms with Crippen LogP contribution in [-0.4, -0.2) is 26.1 Å². The average molecular weight is 413 g/mol. The molecule has 0 fully saturated rings. The first-order valence-electron chi connectivity index (χ1n) is 7.76. The summed E-state index contributed by atoms with van der Waals surface area (Å²) in [6.45, 7) is 2.37. The molecule has 0 radical (unpaired) electrons. The van der Waals surface area contributed by atoms with Crippen LogP contribution >= 0.6 is 15.9 Å². The molecule has 134 valence electrons. The highest BCUT2D eigenvalue weighted by atomic mass is 79.9. The summed E-state index contributed by atoms with van der Waals surface area (Å²) in [5.74, 6) is -1.13. The summed E-state index contributed by atoms with van der Waals surface area (Å²) >= 11 is 3.31. The fourth-order valence-corrected chi connectivity index (χ4v) is 2.95. The number of hydrogen-bond donors (Lipinski definition) is 2. The number of carbonyl (C=O) groups excluding carboxylic acids is 1. The molecule has 4 nitrogen and oxygen atoms in total. The largest absolute Gasteiger partial charge is 0.497 e. The molecule has 1 atom stereocenters. The van der Waals surface area contributed by atoms with Crippen LogP contribution in [0.2, 0.25) is 0 Å². The van der Waals surface area contributed by atoms with E-state index in [0.29, 0.717) is 22.3 Å². The highest BCUT2D eigenvalue weighted by Crippen LogP contribution is 2.22. The highest BCUT2D eigenvalue weighted by Gasteiger charge is 2.20. The van der Waals surface area contributed by atoms with Gasteiger partial charge in [-0.15, -0.1) is 0 Å². The van der Waals surface area contributed by atoms with Crippen LogP contribution < -0.4 is 15.4 Å². The lowest BCUT2D eigenvalue weighted by molar-refractivity contribution is 0.0948. The van der Waals surface area contributed by atoms with Crippen LogP contribution in [-0.2, 0) is 0 Å². The minimum atomic E-state index is -0.677. The van der Waals surface area contributed by atoms with Crippen molar-refractivity contribution in [2.24, 2.45) is 0 Å². The average Bonchev–Trinajstić information content (AvgIpc) is 2.58. The number of nitrogens with one attached hydrogen (secondary N) is 2. The van der Waals surface area contributed by atoms with E-state index in [1.165, 1.54) is 25.3 Å². The van der Waals surface area contributed by atoms with Crippen molar-refractivity contribution in [1.82, 2.24) is 10.6 Å². The zero-order valence-electron chi connectivity index (χ0n) is 13.9. The first-order chi connectivity index (χ1) is 12.0. The third kappa shape index (κ3) is 4.99. The van der Waals surface area contributed by atoms with E-state index in [0.717, 1.165) is 0 Å². The standard InChI is InChI=1S/C18H19BrF2N2O2/c1-3-22-16(17-14(20)5-4-6-15(17)21)10-23-18(24)11-7-12(19)9-13(8-11)25-2/h4-9,16,22H,3,10H2,1-2H3,(H,23,24). The van der Waals surface area contributed by atoms with Crippen molar-refractivity contribution in [2.75, 3.05) is 20.2 Å². The molecule has 0 saturated carbocycles. The predicted molar refractivity (Wildman–Crippen MR) is 95.8 cm³/mol. The molecule has 1 amide bonds. The molecule has 0 aromatic heterocycles. The SMILES string of the molecule is CCNC(CNC(=O)c1cc(Br)cc(OC)c1)c1c(F)cccc1F. The predicted octanol–water partition coefficient (Wildman–Crippen LogP) is 3.82. The maximum Gasteiger partial charge on any atom is 0.251 e. The van der Waals surface area contributed by atoms with Crippen molar-refractivity contribution in [3.8, 4) is 5.75 Å².